The summed E-state index contributed by atoms with van der Waals surface area (Å²) in [6, 6.07) is -1.28. The van der Waals surface area contributed by atoms with Gasteiger partial charge in [0.25, 0.3) is 10.1 Å². The van der Waals surface area contributed by atoms with E-state index in [1.54, 1.807) is 20.8 Å². The molecule has 0 radical (unpaired) electrons. The van der Waals surface area contributed by atoms with Crippen LogP contribution in [0.2, 0.25) is 0 Å². The fourth-order valence-electron chi connectivity index (χ4n) is 0.836. The topological polar surface area (TPSA) is 125 Å². The Kier molecular flexibility index (Phi) is 5.55. The SMILES string of the molecule is CC(C)(C)OC(=O)NC(COS(C)(=O)=O)C(N)=O. The second-order valence-electron chi connectivity index (χ2n) is 4.59. The van der Waals surface area contributed by atoms with Crippen molar-refractivity contribution in [2.24, 2.45) is 5.73 Å². The lowest BCUT2D eigenvalue weighted by Crippen LogP contribution is -2.49. The van der Waals surface area contributed by atoms with Crippen molar-refractivity contribution in [2.75, 3.05) is 12.9 Å². The van der Waals surface area contributed by atoms with Gasteiger partial charge in [0.2, 0.25) is 5.91 Å². The van der Waals surface area contributed by atoms with E-state index in [1.807, 2.05) is 0 Å². The maximum atomic E-state index is 11.4. The van der Waals surface area contributed by atoms with Crippen LogP contribution in [0.25, 0.3) is 0 Å². The average Bonchev–Trinajstić information content (AvgIpc) is 2.06. The lowest BCUT2D eigenvalue weighted by Gasteiger charge is -2.22. The van der Waals surface area contributed by atoms with Crippen molar-refractivity contribution in [3.05, 3.63) is 0 Å². The average molecular weight is 282 g/mol. The molecule has 2 amide bonds. The molecule has 0 aliphatic heterocycles. The maximum absolute atomic E-state index is 11.4. The highest BCUT2D eigenvalue weighted by molar-refractivity contribution is 7.85. The number of nitrogens with one attached hydrogen (secondary N) is 1. The first-order valence-corrected chi connectivity index (χ1v) is 6.85. The summed E-state index contributed by atoms with van der Waals surface area (Å²) in [6.07, 6.45) is -0.0678. The number of carbonyl (C=O) groups excluding carboxylic acids is 2. The van der Waals surface area contributed by atoms with Crippen molar-refractivity contribution in [3.8, 4) is 0 Å². The van der Waals surface area contributed by atoms with E-state index in [1.165, 1.54) is 0 Å². The third-order valence-electron chi connectivity index (χ3n) is 1.48. The molecule has 0 saturated heterocycles. The standard InChI is InChI=1S/C9H18N2O6S/c1-9(2,3)17-8(13)11-6(7(10)12)5-16-18(4,14)15/h6H,5H2,1-4H3,(H2,10,12)(H,11,13). The zero-order valence-corrected chi connectivity index (χ0v) is 11.5. The highest BCUT2D eigenvalue weighted by Gasteiger charge is 2.24. The van der Waals surface area contributed by atoms with Crippen molar-refractivity contribution in [2.45, 2.75) is 32.4 Å². The van der Waals surface area contributed by atoms with Gasteiger partial charge >= 0.3 is 6.09 Å². The molecule has 8 nitrogen and oxygen atoms in total. The molecule has 1 atom stereocenters. The van der Waals surface area contributed by atoms with Crippen LogP contribution in [0.4, 0.5) is 4.79 Å². The van der Waals surface area contributed by atoms with Gasteiger partial charge in [0.1, 0.15) is 11.6 Å². The van der Waals surface area contributed by atoms with Crippen LogP contribution < -0.4 is 11.1 Å². The maximum Gasteiger partial charge on any atom is 0.408 e. The third kappa shape index (κ3) is 8.76. The normalized spacial score (nSPS) is 13.8. The molecule has 0 bridgehead atoms. The van der Waals surface area contributed by atoms with Crippen LogP contribution in [0, 0.1) is 0 Å². The van der Waals surface area contributed by atoms with E-state index in [-0.39, 0.29) is 0 Å². The first-order chi connectivity index (χ1) is 7.91. The van der Waals surface area contributed by atoms with Crippen molar-refractivity contribution < 1.29 is 26.9 Å². The molecule has 0 aromatic carbocycles. The van der Waals surface area contributed by atoms with Crippen LogP contribution >= 0.6 is 0 Å². The van der Waals surface area contributed by atoms with Crippen LogP contribution in [0.5, 0.6) is 0 Å². The monoisotopic (exact) mass is 282 g/mol. The molecule has 0 aromatic heterocycles. The van der Waals surface area contributed by atoms with Gasteiger partial charge in [-0.25, -0.2) is 4.79 Å². The Hall–Kier alpha value is -1.35. The van der Waals surface area contributed by atoms with Crippen molar-refractivity contribution >= 4 is 22.1 Å². The van der Waals surface area contributed by atoms with Gasteiger partial charge in [-0.3, -0.25) is 8.98 Å². The zero-order chi connectivity index (χ0) is 14.6. The van der Waals surface area contributed by atoms with E-state index in [2.05, 4.69) is 9.50 Å². The van der Waals surface area contributed by atoms with Crippen LogP contribution in [0.1, 0.15) is 20.8 Å². The summed E-state index contributed by atoms with van der Waals surface area (Å²) >= 11 is 0. The summed E-state index contributed by atoms with van der Waals surface area (Å²) < 4.78 is 30.8. The molecule has 0 saturated carbocycles. The van der Waals surface area contributed by atoms with E-state index in [0.29, 0.717) is 0 Å². The van der Waals surface area contributed by atoms with Crippen LogP contribution in [-0.2, 0) is 23.8 Å². The number of alkyl carbamates (subject to hydrolysis) is 1. The van der Waals surface area contributed by atoms with Crippen LogP contribution in [0.15, 0.2) is 0 Å². The number of amides is 2. The fourth-order valence-corrected chi connectivity index (χ4v) is 1.22. The molecular weight excluding hydrogens is 264 g/mol. The van der Waals surface area contributed by atoms with Crippen molar-refractivity contribution in [1.82, 2.24) is 5.32 Å². The predicted octanol–water partition coefficient (Wildman–Crippen LogP) is -0.659. The van der Waals surface area contributed by atoms with E-state index in [4.69, 9.17) is 10.5 Å². The van der Waals surface area contributed by atoms with Gasteiger partial charge in [0.05, 0.1) is 12.9 Å². The molecule has 0 heterocycles. The summed E-state index contributed by atoms with van der Waals surface area (Å²) in [6.45, 7) is 4.34. The molecule has 1 unspecified atom stereocenters. The Balaban J connectivity index is 4.46. The van der Waals surface area contributed by atoms with E-state index >= 15 is 0 Å². The second kappa shape index (κ2) is 6.01. The Morgan fingerprint density at radius 1 is 1.33 bits per heavy atom. The number of primary amides is 1. The molecule has 0 aromatic rings. The Morgan fingerprint density at radius 3 is 2.17 bits per heavy atom. The molecular formula is C9H18N2O6S. The largest absolute Gasteiger partial charge is 0.444 e. The molecule has 3 N–H and O–H groups in total. The molecule has 0 spiro atoms. The lowest BCUT2D eigenvalue weighted by molar-refractivity contribution is -0.120. The third-order valence-corrected chi connectivity index (χ3v) is 2.05. The summed E-state index contributed by atoms with van der Waals surface area (Å²) in [4.78, 5) is 22.3. The summed E-state index contributed by atoms with van der Waals surface area (Å²) in [5.74, 6) is -0.926. The lowest BCUT2D eigenvalue weighted by atomic mass is 10.2. The van der Waals surface area contributed by atoms with Crippen LogP contribution in [-0.4, -0.2) is 44.9 Å². The molecule has 0 rings (SSSR count). The molecule has 0 aliphatic rings. The van der Waals surface area contributed by atoms with Crippen molar-refractivity contribution in [1.29, 1.82) is 0 Å². The zero-order valence-electron chi connectivity index (χ0n) is 10.7. The van der Waals surface area contributed by atoms with Crippen molar-refractivity contribution in [3.63, 3.8) is 0 Å². The first kappa shape index (κ1) is 16.6. The van der Waals surface area contributed by atoms with Gasteiger partial charge in [-0.1, -0.05) is 0 Å². The Bertz CT molecular complexity index is 411. The molecule has 106 valence electrons. The number of rotatable bonds is 5. The van der Waals surface area contributed by atoms with Gasteiger partial charge < -0.3 is 15.8 Å². The Labute approximate surface area is 106 Å². The minimum absolute atomic E-state index is 0.576. The van der Waals surface area contributed by atoms with E-state index in [9.17, 15) is 18.0 Å². The minimum Gasteiger partial charge on any atom is -0.444 e. The minimum atomic E-state index is -3.72. The number of ether oxygens (including phenoxy) is 1. The molecule has 0 aliphatic carbocycles. The number of hydrogen-bond donors (Lipinski definition) is 2. The predicted molar refractivity (Wildman–Crippen MR) is 63.1 cm³/mol. The van der Waals surface area contributed by atoms with Gasteiger partial charge in [-0.15, -0.1) is 0 Å². The molecule has 18 heavy (non-hydrogen) atoms. The van der Waals surface area contributed by atoms with E-state index in [0.717, 1.165) is 6.26 Å². The highest BCUT2D eigenvalue weighted by atomic mass is 32.2. The quantitative estimate of drug-likeness (QED) is 0.645. The Morgan fingerprint density at radius 2 is 1.83 bits per heavy atom. The molecule has 9 heteroatoms. The van der Waals surface area contributed by atoms with Gasteiger partial charge in [0, 0.05) is 0 Å². The summed E-state index contributed by atoms with van der Waals surface area (Å²) in [5.41, 5.74) is 4.25. The van der Waals surface area contributed by atoms with Gasteiger partial charge in [-0.05, 0) is 20.8 Å². The number of hydrogen-bond acceptors (Lipinski definition) is 6. The van der Waals surface area contributed by atoms with Crippen LogP contribution in [0.3, 0.4) is 0 Å². The number of nitrogens with two attached hydrogens (primary N) is 1. The van der Waals surface area contributed by atoms with Gasteiger partial charge in [0.15, 0.2) is 0 Å². The first-order valence-electron chi connectivity index (χ1n) is 5.04. The molecule has 0 fully saturated rings. The number of carbonyl (C=O) groups is 2. The smallest absolute Gasteiger partial charge is 0.408 e. The van der Waals surface area contributed by atoms with Gasteiger partial charge in [-0.2, -0.15) is 8.42 Å². The fraction of sp³-hybridized carbons (Fsp3) is 0.778. The van der Waals surface area contributed by atoms with E-state index < -0.39 is 40.4 Å². The highest BCUT2D eigenvalue weighted by Crippen LogP contribution is 2.06. The summed E-state index contributed by atoms with van der Waals surface area (Å²) in [5, 5.41) is 2.12. The second-order valence-corrected chi connectivity index (χ2v) is 6.23. The summed E-state index contributed by atoms with van der Waals surface area (Å²) in [7, 11) is -3.72.